The number of carbonyl (C=O) groups excluding carboxylic acids is 4. The topological polar surface area (TPSA) is 146 Å². The van der Waals surface area contributed by atoms with Crippen LogP contribution in [0.1, 0.15) is 63.0 Å². The van der Waals surface area contributed by atoms with Crippen LogP contribution in [0.4, 0.5) is 18.0 Å². The molecule has 268 valence electrons. The summed E-state index contributed by atoms with van der Waals surface area (Å²) >= 11 is 0. The first-order valence-electron chi connectivity index (χ1n) is 16.9. The fraction of sp³-hybridized carbons (Fsp3) is 0.459. The molecule has 50 heavy (non-hydrogen) atoms. The maximum Gasteiger partial charge on any atom is 0.416 e. The Morgan fingerprint density at radius 3 is 2.40 bits per heavy atom. The first-order valence-corrected chi connectivity index (χ1v) is 16.9. The van der Waals surface area contributed by atoms with Gasteiger partial charge >= 0.3 is 12.3 Å². The van der Waals surface area contributed by atoms with E-state index in [0.717, 1.165) is 21.9 Å². The average molecular weight is 697 g/mol. The van der Waals surface area contributed by atoms with Crippen LogP contribution in [0.5, 0.6) is 0 Å². The highest BCUT2D eigenvalue weighted by atomic mass is 19.4. The number of alkyl halides is 3. The molecule has 4 amide bonds. The van der Waals surface area contributed by atoms with Gasteiger partial charge in [-0.3, -0.25) is 14.4 Å². The minimum atomic E-state index is -5.08. The molecule has 13 heteroatoms. The third-order valence-electron chi connectivity index (χ3n) is 9.41. The van der Waals surface area contributed by atoms with E-state index in [1.54, 1.807) is 38.1 Å². The summed E-state index contributed by atoms with van der Waals surface area (Å²) in [5.41, 5.74) is 0.00138. The molecule has 1 saturated carbocycles. The van der Waals surface area contributed by atoms with E-state index >= 15 is 0 Å². The number of aliphatic hydroxyl groups is 1. The minimum absolute atomic E-state index is 0.0454. The number of ether oxygens (including phenoxy) is 1. The number of fused-ring (bicyclic) bond motifs is 1. The second-order valence-corrected chi connectivity index (χ2v) is 13.6. The lowest BCUT2D eigenvalue weighted by molar-refractivity contribution is -0.213. The molecule has 10 nitrogen and oxygen atoms in total. The molecule has 0 spiro atoms. The van der Waals surface area contributed by atoms with Crippen molar-refractivity contribution in [3.05, 3.63) is 83.9 Å². The van der Waals surface area contributed by atoms with Crippen molar-refractivity contribution in [1.82, 2.24) is 21.3 Å². The smallest absolute Gasteiger partial charge is 0.416 e. The van der Waals surface area contributed by atoms with Gasteiger partial charge in [-0.05, 0) is 59.9 Å². The second-order valence-electron chi connectivity index (χ2n) is 13.6. The Balaban J connectivity index is 1.39. The highest BCUT2D eigenvalue weighted by Gasteiger charge is 2.63. The van der Waals surface area contributed by atoms with Gasteiger partial charge in [-0.2, -0.15) is 13.2 Å². The summed E-state index contributed by atoms with van der Waals surface area (Å²) < 4.78 is 46.8. The van der Waals surface area contributed by atoms with Crippen molar-refractivity contribution >= 4 is 34.6 Å². The molecule has 1 heterocycles. The zero-order valence-corrected chi connectivity index (χ0v) is 28.0. The summed E-state index contributed by atoms with van der Waals surface area (Å²) in [6.45, 7) is 3.91. The number of nitrogens with one attached hydrogen (secondary N) is 4. The van der Waals surface area contributed by atoms with Crippen LogP contribution in [-0.4, -0.2) is 65.4 Å². The van der Waals surface area contributed by atoms with Gasteiger partial charge < -0.3 is 31.1 Å². The van der Waals surface area contributed by atoms with Crippen molar-refractivity contribution in [3.8, 4) is 0 Å². The summed E-state index contributed by atoms with van der Waals surface area (Å²) in [5, 5.41) is 22.4. The van der Waals surface area contributed by atoms with Crippen molar-refractivity contribution in [1.29, 1.82) is 0 Å². The highest BCUT2D eigenvalue weighted by molar-refractivity contribution is 5.99. The molecule has 5 N–H and O–H groups in total. The summed E-state index contributed by atoms with van der Waals surface area (Å²) in [7, 11) is 0. The van der Waals surface area contributed by atoms with E-state index < -0.39 is 72.0 Å². The van der Waals surface area contributed by atoms with Crippen LogP contribution in [0.25, 0.3) is 10.8 Å². The van der Waals surface area contributed by atoms with E-state index in [9.17, 15) is 37.5 Å². The van der Waals surface area contributed by atoms with E-state index in [4.69, 9.17) is 4.74 Å². The number of alkyl carbamates (subject to hydrolysis) is 1. The molecule has 3 aromatic rings. The Morgan fingerprint density at radius 1 is 1.00 bits per heavy atom. The molecule has 1 aliphatic heterocycles. The fourth-order valence-electron chi connectivity index (χ4n) is 6.72. The zero-order valence-electron chi connectivity index (χ0n) is 28.0. The highest BCUT2D eigenvalue weighted by Crippen LogP contribution is 2.53. The summed E-state index contributed by atoms with van der Waals surface area (Å²) in [6, 6.07) is 19.0. The Morgan fingerprint density at radius 2 is 1.70 bits per heavy atom. The fourth-order valence-corrected chi connectivity index (χ4v) is 6.72. The van der Waals surface area contributed by atoms with Crippen LogP contribution >= 0.6 is 0 Å². The van der Waals surface area contributed by atoms with Crippen molar-refractivity contribution in [2.45, 2.75) is 88.4 Å². The number of piperidine rings is 1. The maximum atomic E-state index is 14.2. The summed E-state index contributed by atoms with van der Waals surface area (Å²) in [4.78, 5) is 53.5. The largest absolute Gasteiger partial charge is 0.445 e. The summed E-state index contributed by atoms with van der Waals surface area (Å²) in [5.74, 6) is -3.63. The lowest BCUT2D eigenvalue weighted by atomic mass is 9.89. The second kappa shape index (κ2) is 15.5. The number of halogens is 3. The van der Waals surface area contributed by atoms with Gasteiger partial charge in [-0.15, -0.1) is 0 Å². The van der Waals surface area contributed by atoms with E-state index in [1.165, 1.54) is 0 Å². The Labute approximate surface area is 288 Å². The third-order valence-corrected chi connectivity index (χ3v) is 9.41. The maximum absolute atomic E-state index is 14.2. The van der Waals surface area contributed by atoms with Crippen molar-refractivity contribution < 1.29 is 42.2 Å². The predicted octanol–water partition coefficient (Wildman–Crippen LogP) is 4.85. The SMILES string of the molecule is CC(C)C[C@H](NC(=O)C1(NC(=O)OCc2ccccc2)C[C@H]1c1cccc2ccccc12)C(=O)N[C@@H](C[C@@H]1CCCNC1=O)C(O)C(F)(F)F. The third kappa shape index (κ3) is 8.73. The van der Waals surface area contributed by atoms with Crippen molar-refractivity contribution in [2.24, 2.45) is 11.8 Å². The lowest BCUT2D eigenvalue weighted by Gasteiger charge is -2.32. The van der Waals surface area contributed by atoms with Crippen LogP contribution < -0.4 is 21.3 Å². The zero-order chi connectivity index (χ0) is 36.1. The number of amides is 4. The van der Waals surface area contributed by atoms with Crippen LogP contribution in [0, 0.1) is 11.8 Å². The van der Waals surface area contributed by atoms with Crippen molar-refractivity contribution in [2.75, 3.05) is 6.54 Å². The Bertz CT molecular complexity index is 1680. The molecule has 2 fully saturated rings. The molecule has 0 aromatic heterocycles. The molecule has 2 unspecified atom stereocenters. The molecule has 0 radical (unpaired) electrons. The number of hydrogen-bond donors (Lipinski definition) is 5. The molecule has 1 aliphatic carbocycles. The van der Waals surface area contributed by atoms with Crippen LogP contribution in [-0.2, 0) is 25.7 Å². The molecule has 5 rings (SSSR count). The van der Waals surface area contributed by atoms with Gasteiger partial charge in [0, 0.05) is 18.4 Å². The van der Waals surface area contributed by atoms with Crippen LogP contribution in [0.2, 0.25) is 0 Å². The van der Waals surface area contributed by atoms with Crippen LogP contribution in [0.3, 0.4) is 0 Å². The Kier molecular flexibility index (Phi) is 11.3. The first kappa shape index (κ1) is 36.6. The van der Waals surface area contributed by atoms with E-state index in [0.29, 0.717) is 19.4 Å². The molecular weight excluding hydrogens is 653 g/mol. The monoisotopic (exact) mass is 696 g/mol. The van der Waals surface area contributed by atoms with Crippen LogP contribution in [0.15, 0.2) is 72.8 Å². The van der Waals surface area contributed by atoms with Crippen molar-refractivity contribution in [3.63, 3.8) is 0 Å². The Hall–Kier alpha value is -4.65. The number of aliphatic hydroxyl groups excluding tert-OH is 1. The molecule has 2 aliphatic rings. The molecule has 0 bridgehead atoms. The van der Waals surface area contributed by atoms with Gasteiger partial charge in [0.25, 0.3) is 0 Å². The quantitative estimate of drug-likeness (QED) is 0.173. The molecule has 3 aromatic carbocycles. The van der Waals surface area contributed by atoms with Gasteiger partial charge in [0.1, 0.15) is 18.2 Å². The van der Waals surface area contributed by atoms with Gasteiger partial charge in [-0.25, -0.2) is 4.79 Å². The summed E-state index contributed by atoms with van der Waals surface area (Å²) in [6.07, 6.45) is -8.24. The minimum Gasteiger partial charge on any atom is -0.445 e. The van der Waals surface area contributed by atoms with Gasteiger partial charge in [0.05, 0.1) is 6.04 Å². The van der Waals surface area contributed by atoms with E-state index in [2.05, 4.69) is 21.3 Å². The average Bonchev–Trinajstić information content (AvgIpc) is 3.81. The number of carbonyl (C=O) groups is 4. The standard InChI is InChI=1S/C37H43F3N4O6/c1-22(2)18-30(33(47)42-29(31(45)37(38,39)40)19-25-14-9-17-41-32(25)46)43-34(48)36(44-35(49)50-21-23-10-4-3-5-11-23)20-28(36)27-16-8-13-24-12-6-7-15-26(24)27/h3-8,10-13,15-16,22,25,28-31,45H,9,14,17-21H2,1-2H3,(H,41,46)(H,42,47)(H,43,48)(H,44,49)/t25-,28-,29-,30-,31?,36?/m0/s1. The number of hydrogen-bond acceptors (Lipinski definition) is 6. The number of benzene rings is 3. The first-order chi connectivity index (χ1) is 23.8. The normalized spacial score (nSPS) is 22.2. The molecular formula is C37H43F3N4O6. The van der Waals surface area contributed by atoms with Gasteiger partial charge in [0.15, 0.2) is 6.10 Å². The predicted molar refractivity (Wildman–Crippen MR) is 180 cm³/mol. The molecule has 1 saturated heterocycles. The van der Waals surface area contributed by atoms with E-state index in [-0.39, 0.29) is 25.4 Å². The van der Waals surface area contributed by atoms with Gasteiger partial charge in [-0.1, -0.05) is 86.6 Å². The van der Waals surface area contributed by atoms with E-state index in [1.807, 2.05) is 48.5 Å². The lowest BCUT2D eigenvalue weighted by Crippen LogP contribution is -2.59. The molecule has 6 atom stereocenters. The van der Waals surface area contributed by atoms with Gasteiger partial charge in [0.2, 0.25) is 17.7 Å². The number of rotatable bonds is 13.